The van der Waals surface area contributed by atoms with Crippen molar-refractivity contribution in [1.29, 1.82) is 0 Å². The summed E-state index contributed by atoms with van der Waals surface area (Å²) in [6, 6.07) is 2.01. The smallest absolute Gasteiger partial charge is 0.192 e. The minimum Gasteiger partial charge on any atom is -0.414 e. The van der Waals surface area contributed by atoms with Gasteiger partial charge in [-0.15, -0.1) is 0 Å². The van der Waals surface area contributed by atoms with Crippen molar-refractivity contribution < 1.29 is 4.43 Å². The van der Waals surface area contributed by atoms with Crippen LogP contribution in [-0.4, -0.2) is 32.5 Å². The molecule has 1 aliphatic rings. The van der Waals surface area contributed by atoms with Crippen molar-refractivity contribution in [3.63, 3.8) is 0 Å². The molecular weight excluding hydrogens is 290 g/mol. The minimum atomic E-state index is -1.70. The molecule has 0 spiro atoms. The number of nitrogens with two attached hydrogens (primary N) is 1. The second kappa shape index (κ2) is 6.20. The predicted octanol–water partition coefficient (Wildman–Crippen LogP) is 3.90. The molecule has 0 aliphatic carbocycles. The van der Waals surface area contributed by atoms with E-state index >= 15 is 0 Å². The van der Waals surface area contributed by atoms with Gasteiger partial charge >= 0.3 is 0 Å². The molecule has 0 aromatic carbocycles. The van der Waals surface area contributed by atoms with Crippen LogP contribution in [0.15, 0.2) is 18.5 Å². The Morgan fingerprint density at radius 1 is 1.36 bits per heavy atom. The molecule has 1 aliphatic heterocycles. The highest BCUT2D eigenvalue weighted by molar-refractivity contribution is 6.74. The highest BCUT2D eigenvalue weighted by Crippen LogP contribution is 2.39. The minimum absolute atomic E-state index is 0.263. The summed E-state index contributed by atoms with van der Waals surface area (Å²) in [4.78, 5) is 6.45. The van der Waals surface area contributed by atoms with Gasteiger partial charge in [-0.05, 0) is 36.5 Å². The quantitative estimate of drug-likeness (QED) is 0.858. The molecule has 2 atom stereocenters. The van der Waals surface area contributed by atoms with Crippen LogP contribution in [0.2, 0.25) is 18.1 Å². The largest absolute Gasteiger partial charge is 0.414 e. The van der Waals surface area contributed by atoms with Crippen molar-refractivity contribution in [2.45, 2.75) is 58.4 Å². The SMILES string of the molecule is CC1CN(c2ccncc2N)CCC1O[Si](C)(C)C(C)(C)C. The summed E-state index contributed by atoms with van der Waals surface area (Å²) in [6.07, 6.45) is 4.97. The topological polar surface area (TPSA) is 51.4 Å². The van der Waals surface area contributed by atoms with Gasteiger partial charge in [0.2, 0.25) is 0 Å². The average molecular weight is 322 g/mol. The fourth-order valence-electron chi connectivity index (χ4n) is 2.76. The van der Waals surface area contributed by atoms with Crippen LogP contribution in [0, 0.1) is 5.92 Å². The van der Waals surface area contributed by atoms with Gasteiger partial charge in [0.05, 0.1) is 23.7 Å². The van der Waals surface area contributed by atoms with Crippen LogP contribution in [0.5, 0.6) is 0 Å². The second-order valence-corrected chi connectivity index (χ2v) is 12.8. The monoisotopic (exact) mass is 321 g/mol. The van der Waals surface area contributed by atoms with Crippen molar-refractivity contribution in [3.8, 4) is 0 Å². The van der Waals surface area contributed by atoms with Gasteiger partial charge in [0.25, 0.3) is 0 Å². The zero-order valence-electron chi connectivity index (χ0n) is 14.9. The molecule has 2 rings (SSSR count). The molecule has 0 bridgehead atoms. The van der Waals surface area contributed by atoms with Gasteiger partial charge in [0.1, 0.15) is 0 Å². The Kier molecular flexibility index (Phi) is 4.87. The highest BCUT2D eigenvalue weighted by Gasteiger charge is 2.41. The Morgan fingerprint density at radius 2 is 2.05 bits per heavy atom. The first-order valence-electron chi connectivity index (χ1n) is 8.24. The third-order valence-electron chi connectivity index (χ3n) is 5.25. The normalized spacial score (nSPS) is 23.6. The third kappa shape index (κ3) is 3.63. The van der Waals surface area contributed by atoms with Crippen molar-refractivity contribution in [3.05, 3.63) is 18.5 Å². The van der Waals surface area contributed by atoms with E-state index in [0.717, 1.165) is 30.9 Å². The molecule has 22 heavy (non-hydrogen) atoms. The molecule has 1 aromatic heterocycles. The lowest BCUT2D eigenvalue weighted by Gasteiger charge is -2.45. The highest BCUT2D eigenvalue weighted by atomic mass is 28.4. The molecule has 0 radical (unpaired) electrons. The number of pyridine rings is 1. The summed E-state index contributed by atoms with van der Waals surface area (Å²) in [6.45, 7) is 15.9. The summed E-state index contributed by atoms with van der Waals surface area (Å²) in [5.41, 5.74) is 7.93. The number of nitrogens with zero attached hydrogens (tertiary/aromatic N) is 2. The van der Waals surface area contributed by atoms with Crippen molar-refractivity contribution in [2.75, 3.05) is 23.7 Å². The number of hydrogen-bond acceptors (Lipinski definition) is 4. The van der Waals surface area contributed by atoms with Crippen LogP contribution < -0.4 is 10.6 Å². The Labute approximate surface area is 136 Å². The number of anilines is 2. The molecule has 2 unspecified atom stereocenters. The van der Waals surface area contributed by atoms with Gasteiger partial charge in [-0.2, -0.15) is 0 Å². The third-order valence-corrected chi connectivity index (χ3v) is 9.75. The first-order valence-corrected chi connectivity index (χ1v) is 11.1. The van der Waals surface area contributed by atoms with Crippen molar-refractivity contribution in [1.82, 2.24) is 4.98 Å². The zero-order chi connectivity index (χ0) is 16.5. The number of piperidine rings is 1. The maximum atomic E-state index is 6.64. The van der Waals surface area contributed by atoms with E-state index in [1.807, 2.05) is 12.3 Å². The van der Waals surface area contributed by atoms with Gasteiger partial charge in [0.15, 0.2) is 8.32 Å². The molecule has 0 saturated carbocycles. The predicted molar refractivity (Wildman–Crippen MR) is 96.7 cm³/mol. The average Bonchev–Trinajstić information content (AvgIpc) is 2.40. The molecule has 1 saturated heterocycles. The molecule has 1 aromatic rings. The van der Waals surface area contributed by atoms with E-state index in [4.69, 9.17) is 10.2 Å². The molecule has 2 heterocycles. The second-order valence-electron chi connectivity index (χ2n) is 8.06. The fourth-order valence-corrected chi connectivity index (χ4v) is 4.22. The van der Waals surface area contributed by atoms with E-state index in [2.05, 4.69) is 50.7 Å². The van der Waals surface area contributed by atoms with E-state index in [9.17, 15) is 0 Å². The molecule has 2 N–H and O–H groups in total. The van der Waals surface area contributed by atoms with E-state index in [1.54, 1.807) is 6.20 Å². The number of hydrogen-bond donors (Lipinski definition) is 1. The van der Waals surface area contributed by atoms with Crippen LogP contribution in [-0.2, 0) is 4.43 Å². The Bertz CT molecular complexity index is 513. The Morgan fingerprint density at radius 3 is 2.59 bits per heavy atom. The first kappa shape index (κ1) is 17.3. The Balaban J connectivity index is 2.03. The lowest BCUT2D eigenvalue weighted by Crippen LogP contribution is -2.50. The first-order chi connectivity index (χ1) is 10.1. The zero-order valence-corrected chi connectivity index (χ0v) is 15.9. The van der Waals surface area contributed by atoms with E-state index in [1.165, 1.54) is 0 Å². The summed E-state index contributed by atoms with van der Waals surface area (Å²) in [5.74, 6) is 0.510. The molecule has 124 valence electrons. The van der Waals surface area contributed by atoms with E-state index < -0.39 is 8.32 Å². The van der Waals surface area contributed by atoms with Gasteiger partial charge in [-0.25, -0.2) is 0 Å². The van der Waals surface area contributed by atoms with E-state index in [0.29, 0.717) is 12.0 Å². The number of aromatic nitrogens is 1. The molecule has 4 nitrogen and oxygen atoms in total. The van der Waals surface area contributed by atoms with Gasteiger partial charge in [0, 0.05) is 19.3 Å². The van der Waals surface area contributed by atoms with Crippen LogP contribution in [0.4, 0.5) is 11.4 Å². The number of nitrogen functional groups attached to an aromatic ring is 1. The van der Waals surface area contributed by atoms with Crippen molar-refractivity contribution >= 4 is 19.7 Å². The van der Waals surface area contributed by atoms with Gasteiger partial charge in [-0.1, -0.05) is 27.7 Å². The van der Waals surface area contributed by atoms with Gasteiger partial charge < -0.3 is 15.1 Å². The fraction of sp³-hybridized carbons (Fsp3) is 0.706. The van der Waals surface area contributed by atoms with Crippen LogP contribution in [0.3, 0.4) is 0 Å². The van der Waals surface area contributed by atoms with Crippen LogP contribution in [0.1, 0.15) is 34.1 Å². The van der Waals surface area contributed by atoms with Crippen molar-refractivity contribution in [2.24, 2.45) is 5.92 Å². The molecule has 1 fully saturated rings. The number of rotatable bonds is 3. The maximum absolute atomic E-state index is 6.64. The molecule has 0 amide bonds. The van der Waals surface area contributed by atoms with Crippen LogP contribution in [0.25, 0.3) is 0 Å². The summed E-state index contributed by atoms with van der Waals surface area (Å²) < 4.78 is 6.64. The lowest BCUT2D eigenvalue weighted by molar-refractivity contribution is 0.106. The molecule has 5 heteroatoms. The lowest BCUT2D eigenvalue weighted by atomic mass is 9.96. The molecular formula is C17H31N3OSi. The van der Waals surface area contributed by atoms with Gasteiger partial charge in [-0.3, -0.25) is 4.98 Å². The Hall–Kier alpha value is -1.07. The maximum Gasteiger partial charge on any atom is 0.192 e. The summed E-state index contributed by atoms with van der Waals surface area (Å²) >= 11 is 0. The summed E-state index contributed by atoms with van der Waals surface area (Å²) in [5, 5.41) is 0.263. The van der Waals surface area contributed by atoms with Crippen LogP contribution >= 0.6 is 0 Å². The summed E-state index contributed by atoms with van der Waals surface area (Å²) in [7, 11) is -1.70. The standard InChI is InChI=1S/C17H31N3OSi/c1-13-12-20(15-7-9-19-11-14(15)18)10-8-16(13)21-22(5,6)17(2,3)4/h7,9,11,13,16H,8,10,12,18H2,1-6H3. The van der Waals surface area contributed by atoms with E-state index in [-0.39, 0.29) is 5.04 Å².